The summed E-state index contributed by atoms with van der Waals surface area (Å²) in [5, 5.41) is 2.61. The van der Waals surface area contributed by atoms with Crippen LogP contribution in [0, 0.1) is 5.92 Å². The zero-order valence-electron chi connectivity index (χ0n) is 12.4. The minimum absolute atomic E-state index is 0.0666. The van der Waals surface area contributed by atoms with Gasteiger partial charge in [0.15, 0.2) is 0 Å². The minimum atomic E-state index is -0.736. The molecule has 3 N–H and O–H groups in total. The van der Waals surface area contributed by atoms with E-state index < -0.39 is 23.8 Å². The van der Waals surface area contributed by atoms with E-state index in [0.29, 0.717) is 12.0 Å². The molecule has 0 saturated carbocycles. The van der Waals surface area contributed by atoms with Crippen molar-refractivity contribution in [3.63, 3.8) is 0 Å². The highest BCUT2D eigenvalue weighted by molar-refractivity contribution is 5.97. The third kappa shape index (κ3) is 4.91. The van der Waals surface area contributed by atoms with E-state index in [0.717, 1.165) is 0 Å². The largest absolute Gasteiger partial charge is 0.427 e. The molecule has 0 heterocycles. The van der Waals surface area contributed by atoms with Crippen molar-refractivity contribution in [3.05, 3.63) is 29.8 Å². The lowest BCUT2D eigenvalue weighted by Gasteiger charge is -2.21. The number of hydrogen-bond donors (Lipinski definition) is 2. The molecule has 0 aliphatic carbocycles. The molecule has 1 aromatic carbocycles. The second kappa shape index (κ2) is 7.42. The number of rotatable bonds is 6. The van der Waals surface area contributed by atoms with Crippen LogP contribution in [-0.2, 0) is 9.59 Å². The average Bonchev–Trinajstić information content (AvgIpc) is 2.42. The SMILES string of the molecule is CC[C@@H](C)[C@H](NC(=O)c1cccc(OC(C)=O)c1)C(N)=O. The van der Waals surface area contributed by atoms with Gasteiger partial charge in [-0.3, -0.25) is 14.4 Å². The van der Waals surface area contributed by atoms with Gasteiger partial charge in [-0.2, -0.15) is 0 Å². The van der Waals surface area contributed by atoms with Crippen LogP contribution in [0.2, 0.25) is 0 Å². The fraction of sp³-hybridized carbons (Fsp3) is 0.400. The Kier molecular flexibility index (Phi) is 5.90. The maximum Gasteiger partial charge on any atom is 0.308 e. The first kappa shape index (κ1) is 16.7. The van der Waals surface area contributed by atoms with E-state index in [2.05, 4.69) is 5.32 Å². The highest BCUT2D eigenvalue weighted by Crippen LogP contribution is 2.14. The topological polar surface area (TPSA) is 98.5 Å². The van der Waals surface area contributed by atoms with Gasteiger partial charge in [-0.05, 0) is 24.1 Å². The van der Waals surface area contributed by atoms with Crippen molar-refractivity contribution in [2.24, 2.45) is 11.7 Å². The van der Waals surface area contributed by atoms with E-state index in [-0.39, 0.29) is 11.7 Å². The van der Waals surface area contributed by atoms with Crippen LogP contribution < -0.4 is 15.8 Å². The van der Waals surface area contributed by atoms with Crippen LogP contribution in [0.25, 0.3) is 0 Å². The molecule has 0 aliphatic heterocycles. The molecule has 0 unspecified atom stereocenters. The second-order valence-electron chi connectivity index (χ2n) is 4.86. The number of ether oxygens (including phenoxy) is 1. The van der Waals surface area contributed by atoms with E-state index in [1.54, 1.807) is 18.2 Å². The zero-order chi connectivity index (χ0) is 16.0. The van der Waals surface area contributed by atoms with Crippen molar-refractivity contribution in [1.82, 2.24) is 5.32 Å². The Balaban J connectivity index is 2.87. The Bertz CT molecular complexity index is 542. The van der Waals surface area contributed by atoms with Crippen LogP contribution in [0.3, 0.4) is 0 Å². The third-order valence-corrected chi connectivity index (χ3v) is 3.16. The summed E-state index contributed by atoms with van der Waals surface area (Å²) in [6.07, 6.45) is 0.710. The second-order valence-corrected chi connectivity index (χ2v) is 4.86. The fourth-order valence-corrected chi connectivity index (χ4v) is 1.82. The van der Waals surface area contributed by atoms with Gasteiger partial charge in [0.2, 0.25) is 5.91 Å². The van der Waals surface area contributed by atoms with Gasteiger partial charge >= 0.3 is 5.97 Å². The number of nitrogens with one attached hydrogen (secondary N) is 1. The van der Waals surface area contributed by atoms with Gasteiger partial charge in [-0.1, -0.05) is 26.3 Å². The van der Waals surface area contributed by atoms with Gasteiger partial charge in [0.25, 0.3) is 5.91 Å². The van der Waals surface area contributed by atoms with E-state index in [1.807, 2.05) is 13.8 Å². The molecular formula is C15H20N2O4. The maximum atomic E-state index is 12.2. The molecule has 0 aliphatic rings. The van der Waals surface area contributed by atoms with E-state index in [4.69, 9.17) is 10.5 Å². The summed E-state index contributed by atoms with van der Waals surface area (Å²) in [4.78, 5) is 34.5. The summed E-state index contributed by atoms with van der Waals surface area (Å²) in [6.45, 7) is 5.03. The number of carbonyl (C=O) groups excluding carboxylic acids is 3. The van der Waals surface area contributed by atoms with Crippen LogP contribution >= 0.6 is 0 Å². The Hall–Kier alpha value is -2.37. The molecule has 1 aromatic rings. The number of esters is 1. The Morgan fingerprint density at radius 2 is 2.00 bits per heavy atom. The van der Waals surface area contributed by atoms with Gasteiger partial charge < -0.3 is 15.8 Å². The quantitative estimate of drug-likeness (QED) is 0.608. The summed E-state index contributed by atoms with van der Waals surface area (Å²) in [5.74, 6) is -1.28. The number of nitrogens with two attached hydrogens (primary N) is 1. The first-order chi connectivity index (χ1) is 9.85. The Morgan fingerprint density at radius 1 is 1.33 bits per heavy atom. The fourth-order valence-electron chi connectivity index (χ4n) is 1.82. The van der Waals surface area contributed by atoms with Gasteiger partial charge in [-0.25, -0.2) is 0 Å². The lowest BCUT2D eigenvalue weighted by molar-refractivity contribution is -0.131. The van der Waals surface area contributed by atoms with Crippen molar-refractivity contribution < 1.29 is 19.1 Å². The summed E-state index contributed by atoms with van der Waals surface area (Å²) >= 11 is 0. The third-order valence-electron chi connectivity index (χ3n) is 3.16. The minimum Gasteiger partial charge on any atom is -0.427 e. The number of benzene rings is 1. The number of carbonyl (C=O) groups is 3. The van der Waals surface area contributed by atoms with E-state index >= 15 is 0 Å². The molecule has 0 fully saturated rings. The summed E-state index contributed by atoms with van der Waals surface area (Å²) in [5.41, 5.74) is 5.61. The van der Waals surface area contributed by atoms with Crippen molar-refractivity contribution in [2.75, 3.05) is 0 Å². The van der Waals surface area contributed by atoms with Crippen molar-refractivity contribution in [1.29, 1.82) is 0 Å². The van der Waals surface area contributed by atoms with Gasteiger partial charge in [0.05, 0.1) is 0 Å². The van der Waals surface area contributed by atoms with Crippen molar-refractivity contribution in [2.45, 2.75) is 33.2 Å². The first-order valence-corrected chi connectivity index (χ1v) is 6.73. The van der Waals surface area contributed by atoms with Crippen LogP contribution in [-0.4, -0.2) is 23.8 Å². The highest BCUT2D eigenvalue weighted by atomic mass is 16.5. The maximum absolute atomic E-state index is 12.2. The standard InChI is InChI=1S/C15H20N2O4/c1-4-9(2)13(14(16)19)17-15(20)11-6-5-7-12(8-11)21-10(3)18/h5-9,13H,4H2,1-3H3,(H2,16,19)(H,17,20)/t9-,13+/m1/s1. The lowest BCUT2D eigenvalue weighted by atomic mass is 9.98. The molecule has 114 valence electrons. The first-order valence-electron chi connectivity index (χ1n) is 6.73. The molecule has 2 atom stereocenters. The molecule has 0 spiro atoms. The predicted octanol–water partition coefficient (Wildman–Crippen LogP) is 1.24. The molecule has 0 saturated heterocycles. The van der Waals surface area contributed by atoms with Crippen LogP contribution in [0.1, 0.15) is 37.6 Å². The molecule has 6 heteroatoms. The summed E-state index contributed by atoms with van der Waals surface area (Å²) in [7, 11) is 0. The zero-order valence-corrected chi connectivity index (χ0v) is 12.4. The predicted molar refractivity (Wildman–Crippen MR) is 77.7 cm³/mol. The summed E-state index contributed by atoms with van der Waals surface area (Å²) in [6, 6.07) is 5.43. The van der Waals surface area contributed by atoms with Gasteiger partial charge in [0.1, 0.15) is 11.8 Å². The Morgan fingerprint density at radius 3 is 2.52 bits per heavy atom. The molecule has 1 rings (SSSR count). The lowest BCUT2D eigenvalue weighted by Crippen LogP contribution is -2.48. The normalized spacial score (nSPS) is 13.1. The van der Waals surface area contributed by atoms with Gasteiger partial charge in [0, 0.05) is 12.5 Å². The number of primary amides is 1. The molecule has 21 heavy (non-hydrogen) atoms. The molecule has 6 nitrogen and oxygen atoms in total. The molecule has 0 radical (unpaired) electrons. The van der Waals surface area contributed by atoms with Gasteiger partial charge in [-0.15, -0.1) is 0 Å². The van der Waals surface area contributed by atoms with Crippen molar-refractivity contribution in [3.8, 4) is 5.75 Å². The van der Waals surface area contributed by atoms with Crippen LogP contribution in [0.15, 0.2) is 24.3 Å². The Labute approximate surface area is 123 Å². The summed E-state index contributed by atoms with van der Waals surface area (Å²) < 4.78 is 4.92. The molecular weight excluding hydrogens is 272 g/mol. The smallest absolute Gasteiger partial charge is 0.308 e. The van der Waals surface area contributed by atoms with Crippen LogP contribution in [0.5, 0.6) is 5.75 Å². The van der Waals surface area contributed by atoms with E-state index in [1.165, 1.54) is 13.0 Å². The number of amides is 2. The monoisotopic (exact) mass is 292 g/mol. The number of hydrogen-bond acceptors (Lipinski definition) is 4. The molecule has 2 amide bonds. The highest BCUT2D eigenvalue weighted by Gasteiger charge is 2.24. The van der Waals surface area contributed by atoms with Crippen LogP contribution in [0.4, 0.5) is 0 Å². The average molecular weight is 292 g/mol. The van der Waals surface area contributed by atoms with Crippen molar-refractivity contribution >= 4 is 17.8 Å². The van der Waals surface area contributed by atoms with E-state index in [9.17, 15) is 14.4 Å². The molecule has 0 aromatic heterocycles. The molecule has 0 bridgehead atoms.